The van der Waals surface area contributed by atoms with Crippen LogP contribution in [-0.2, 0) is 18.6 Å². The lowest BCUT2D eigenvalue weighted by Crippen LogP contribution is -1.91. The molecule has 8 rings (SSSR count). The normalized spacial score (nSPS) is 13.9. The maximum atomic E-state index is 4.73. The Morgan fingerprint density at radius 2 is 1.29 bits per heavy atom. The summed E-state index contributed by atoms with van der Waals surface area (Å²) in [5.41, 5.74) is 9.88. The highest BCUT2D eigenvalue weighted by atomic mass is 32.2. The molecule has 0 atom stereocenters. The molecule has 2 aromatic heterocycles. The molecule has 0 radical (unpaired) electrons. The van der Waals surface area contributed by atoms with E-state index in [9.17, 15) is 0 Å². The molecule has 2 aliphatic rings. The third kappa shape index (κ3) is 4.50. The molecule has 0 amide bonds. The van der Waals surface area contributed by atoms with Crippen molar-refractivity contribution in [2.75, 3.05) is 0 Å². The van der Waals surface area contributed by atoms with Gasteiger partial charge in [0.25, 0.3) is 0 Å². The summed E-state index contributed by atoms with van der Waals surface area (Å²) in [6.45, 7) is 4.11. The molecule has 0 unspecified atom stereocenters. The summed E-state index contributed by atoms with van der Waals surface area (Å²) in [5, 5.41) is 2.71. The predicted octanol–water partition coefficient (Wildman–Crippen LogP) is 12.0. The van der Waals surface area contributed by atoms with Crippen LogP contribution in [0, 0.1) is 0 Å². The number of thiophene rings is 2. The number of hydrogen-bond acceptors (Lipinski definition) is 4. The third-order valence-corrected chi connectivity index (χ3v) is 12.1. The molecule has 0 saturated heterocycles. The van der Waals surface area contributed by atoms with E-state index < -0.39 is 0 Å². The van der Waals surface area contributed by atoms with Crippen LogP contribution in [0.25, 0.3) is 54.6 Å². The van der Waals surface area contributed by atoms with Gasteiger partial charge in [0.1, 0.15) is 0 Å². The van der Waals surface area contributed by atoms with E-state index in [1.54, 1.807) is 0 Å². The molecular formula is C38H29NS3. The van der Waals surface area contributed by atoms with Crippen LogP contribution in [0.2, 0.25) is 0 Å². The number of benzene rings is 4. The summed E-state index contributed by atoms with van der Waals surface area (Å²) in [4.78, 5) is 8.93. The van der Waals surface area contributed by atoms with E-state index in [4.69, 9.17) is 4.99 Å². The molecule has 2 aliphatic carbocycles. The Morgan fingerprint density at radius 3 is 1.90 bits per heavy atom. The summed E-state index contributed by atoms with van der Waals surface area (Å²) in [6, 6.07) is 29.2. The molecule has 0 spiro atoms. The van der Waals surface area contributed by atoms with Crippen LogP contribution in [0.5, 0.6) is 0 Å². The molecule has 0 bridgehead atoms. The fourth-order valence-corrected chi connectivity index (χ4v) is 9.83. The van der Waals surface area contributed by atoms with Crippen LogP contribution < -0.4 is 0 Å². The molecule has 2 heterocycles. The number of allylic oxidation sites excluding steroid dienone is 2. The van der Waals surface area contributed by atoms with Gasteiger partial charge < -0.3 is 0 Å². The van der Waals surface area contributed by atoms with Crippen molar-refractivity contribution >= 4 is 79.2 Å². The standard InChI is InChI=1S/C38H29NS3/c1-39-37-27(25-15-19-35-31(21-25)29-11-5-7-13-33(29)41-35)17-18-28(38(37)40-23-24-9-3-2-4-10-24)26-16-20-36-32(22-26)30-12-6-8-14-34(30)42-36/h2-6,9-12,15-22H,1,7-8,13-14,23H2. The average molecular weight is 596 g/mol. The third-order valence-electron chi connectivity index (χ3n) is 8.39. The number of aryl methyl sites for hydroxylation is 2. The van der Waals surface area contributed by atoms with Gasteiger partial charge in [-0.15, -0.1) is 34.4 Å². The number of hydrogen-bond donors (Lipinski definition) is 0. The smallest absolute Gasteiger partial charge is 0.0842 e. The lowest BCUT2D eigenvalue weighted by molar-refractivity contribution is 1.02. The van der Waals surface area contributed by atoms with Crippen molar-refractivity contribution in [2.24, 2.45) is 4.99 Å². The van der Waals surface area contributed by atoms with Gasteiger partial charge in [-0.25, -0.2) is 0 Å². The lowest BCUT2D eigenvalue weighted by Gasteiger charge is -2.17. The summed E-state index contributed by atoms with van der Waals surface area (Å²) in [7, 11) is 0. The van der Waals surface area contributed by atoms with Gasteiger partial charge in [-0.1, -0.05) is 78.9 Å². The highest BCUT2D eigenvalue weighted by molar-refractivity contribution is 7.98. The van der Waals surface area contributed by atoms with Gasteiger partial charge in [-0.3, -0.25) is 4.99 Å². The van der Waals surface area contributed by atoms with Crippen molar-refractivity contribution in [3.8, 4) is 22.3 Å². The molecule has 4 aromatic carbocycles. The van der Waals surface area contributed by atoms with Crippen molar-refractivity contribution in [3.63, 3.8) is 0 Å². The minimum Gasteiger partial charge on any atom is -0.263 e. The van der Waals surface area contributed by atoms with Gasteiger partial charge >= 0.3 is 0 Å². The van der Waals surface area contributed by atoms with Crippen LogP contribution >= 0.6 is 34.4 Å². The molecule has 0 aliphatic heterocycles. The van der Waals surface area contributed by atoms with Gasteiger partial charge in [0.05, 0.1) is 5.69 Å². The highest BCUT2D eigenvalue weighted by Crippen LogP contribution is 2.48. The van der Waals surface area contributed by atoms with E-state index in [0.29, 0.717) is 0 Å². The molecule has 42 heavy (non-hydrogen) atoms. The molecule has 0 N–H and O–H groups in total. The number of thioether (sulfide) groups is 1. The van der Waals surface area contributed by atoms with E-state index in [0.717, 1.165) is 42.7 Å². The number of rotatable bonds is 6. The van der Waals surface area contributed by atoms with Gasteiger partial charge in [0.15, 0.2) is 0 Å². The van der Waals surface area contributed by atoms with Gasteiger partial charge in [-0.05, 0) is 90.0 Å². The summed E-state index contributed by atoms with van der Waals surface area (Å²) < 4.78 is 2.73. The van der Waals surface area contributed by atoms with Crippen molar-refractivity contribution < 1.29 is 0 Å². The summed E-state index contributed by atoms with van der Waals surface area (Å²) in [6.07, 6.45) is 13.8. The van der Waals surface area contributed by atoms with Crippen molar-refractivity contribution in [3.05, 3.63) is 117 Å². The van der Waals surface area contributed by atoms with E-state index in [2.05, 4.69) is 110 Å². The molecule has 204 valence electrons. The average Bonchev–Trinajstić information content (AvgIpc) is 3.61. The first kappa shape index (κ1) is 26.0. The molecular weight excluding hydrogens is 567 g/mol. The summed E-state index contributed by atoms with van der Waals surface area (Å²) in [5.74, 6) is 0.876. The zero-order valence-electron chi connectivity index (χ0n) is 23.2. The predicted molar refractivity (Wildman–Crippen MR) is 188 cm³/mol. The SMILES string of the molecule is C=Nc1c(-c2ccc3sc4c(c3c2)C=CCC4)ccc(-c2ccc3sc4c(c3c2)C=CCC4)c1SCc1ccccc1. The molecule has 1 nitrogen and oxygen atoms in total. The van der Waals surface area contributed by atoms with E-state index in [1.807, 2.05) is 34.4 Å². The zero-order chi connectivity index (χ0) is 28.0. The molecule has 0 fully saturated rings. The quantitative estimate of drug-likeness (QED) is 0.138. The van der Waals surface area contributed by atoms with Crippen molar-refractivity contribution in [2.45, 2.75) is 36.3 Å². The fourth-order valence-electron chi connectivity index (χ4n) is 6.30. The van der Waals surface area contributed by atoms with Crippen LogP contribution in [0.15, 0.2) is 101 Å². The monoisotopic (exact) mass is 595 g/mol. The van der Waals surface area contributed by atoms with Gasteiger partial charge in [0.2, 0.25) is 0 Å². The lowest BCUT2D eigenvalue weighted by atomic mass is 9.95. The maximum absolute atomic E-state index is 4.73. The number of fused-ring (bicyclic) bond motifs is 6. The van der Waals surface area contributed by atoms with E-state index >= 15 is 0 Å². The Kier molecular flexibility index (Phi) is 6.71. The van der Waals surface area contributed by atoms with Crippen molar-refractivity contribution in [1.82, 2.24) is 0 Å². The minimum atomic E-state index is 0.876. The van der Waals surface area contributed by atoms with Gasteiger partial charge in [0, 0.05) is 46.1 Å². The Balaban J connectivity index is 1.29. The van der Waals surface area contributed by atoms with Crippen LogP contribution in [0.4, 0.5) is 5.69 Å². The fraction of sp³-hybridized carbons (Fsp3) is 0.132. The van der Waals surface area contributed by atoms with Gasteiger partial charge in [-0.2, -0.15) is 0 Å². The largest absolute Gasteiger partial charge is 0.263 e. The maximum Gasteiger partial charge on any atom is 0.0842 e. The Bertz CT molecular complexity index is 2060. The van der Waals surface area contributed by atoms with E-state index in [-0.39, 0.29) is 0 Å². The molecule has 4 heteroatoms. The minimum absolute atomic E-state index is 0.876. The second-order valence-corrected chi connectivity index (χ2v) is 14.2. The first-order chi connectivity index (χ1) is 20.8. The van der Waals surface area contributed by atoms with E-state index in [1.165, 1.54) is 68.2 Å². The molecule has 6 aromatic rings. The second-order valence-electron chi connectivity index (χ2n) is 11.0. The van der Waals surface area contributed by atoms with Crippen LogP contribution in [0.1, 0.15) is 39.3 Å². The first-order valence-electron chi connectivity index (χ1n) is 14.5. The first-order valence-corrected chi connectivity index (χ1v) is 17.1. The number of nitrogens with zero attached hydrogens (tertiary/aromatic N) is 1. The second kappa shape index (κ2) is 10.9. The van der Waals surface area contributed by atoms with Crippen LogP contribution in [0.3, 0.4) is 0 Å². The highest BCUT2D eigenvalue weighted by Gasteiger charge is 2.20. The Morgan fingerprint density at radius 1 is 0.690 bits per heavy atom. The topological polar surface area (TPSA) is 12.4 Å². The summed E-state index contributed by atoms with van der Waals surface area (Å²) >= 11 is 5.75. The molecule has 0 saturated carbocycles. The zero-order valence-corrected chi connectivity index (χ0v) is 25.7. The van der Waals surface area contributed by atoms with Crippen molar-refractivity contribution in [1.29, 1.82) is 0 Å². The number of aliphatic imine (C=N–C) groups is 1. The Labute approximate surface area is 259 Å². The van der Waals surface area contributed by atoms with Crippen LogP contribution in [-0.4, -0.2) is 6.72 Å². The Hall–Kier alpha value is -3.70.